The van der Waals surface area contributed by atoms with Crippen LogP contribution in [-0.4, -0.2) is 79.3 Å². The van der Waals surface area contributed by atoms with E-state index in [0.717, 1.165) is 0 Å². The molecule has 0 unspecified atom stereocenters. The number of hydrogen-bond donors (Lipinski definition) is 2. The van der Waals surface area contributed by atoms with Crippen LogP contribution < -0.4 is 15.2 Å². The van der Waals surface area contributed by atoms with Crippen LogP contribution in [0.25, 0.3) is 0 Å². The minimum Gasteiger partial charge on any atom is -0.497 e. The van der Waals surface area contributed by atoms with Crippen molar-refractivity contribution >= 4 is 11.8 Å². The summed E-state index contributed by atoms with van der Waals surface area (Å²) in [4.78, 5) is 27.7. The fourth-order valence-electron chi connectivity index (χ4n) is 2.83. The van der Waals surface area contributed by atoms with Gasteiger partial charge < -0.3 is 30.1 Å². The summed E-state index contributed by atoms with van der Waals surface area (Å²) in [7, 11) is 1.53. The van der Waals surface area contributed by atoms with Crippen molar-refractivity contribution in [2.24, 2.45) is 5.73 Å². The lowest BCUT2D eigenvalue weighted by atomic mass is 10.1. The summed E-state index contributed by atoms with van der Waals surface area (Å²) in [5, 5.41) is 10.2. The Hall–Kier alpha value is -2.32. The standard InChI is InChI=1S/C18H27N3O5/c1-13(22)20-7-8-21(12-14(23)11-20)18(24)16-10-15(25-2)4-5-17(16)26-9-3-6-19/h4-5,10,14,23H,3,6-9,11-12,19H2,1-2H3/t14-/m1/s1. The van der Waals surface area contributed by atoms with Gasteiger partial charge in [0.05, 0.1) is 25.4 Å². The quantitative estimate of drug-likeness (QED) is 0.692. The Kier molecular flexibility index (Phi) is 7.23. The van der Waals surface area contributed by atoms with E-state index in [2.05, 4.69) is 0 Å². The van der Waals surface area contributed by atoms with Crippen molar-refractivity contribution in [3.63, 3.8) is 0 Å². The van der Waals surface area contributed by atoms with Crippen LogP contribution in [0.2, 0.25) is 0 Å². The molecule has 8 nitrogen and oxygen atoms in total. The first-order valence-electron chi connectivity index (χ1n) is 8.70. The van der Waals surface area contributed by atoms with E-state index in [1.807, 2.05) is 0 Å². The molecule has 1 aromatic rings. The van der Waals surface area contributed by atoms with E-state index >= 15 is 0 Å². The number of nitrogens with two attached hydrogens (primary N) is 1. The molecule has 0 saturated carbocycles. The first-order chi connectivity index (χ1) is 12.5. The predicted molar refractivity (Wildman–Crippen MR) is 96.3 cm³/mol. The summed E-state index contributed by atoms with van der Waals surface area (Å²) in [5.41, 5.74) is 5.85. The van der Waals surface area contributed by atoms with Gasteiger partial charge in [0.1, 0.15) is 11.5 Å². The number of hydrogen-bond acceptors (Lipinski definition) is 6. The summed E-state index contributed by atoms with van der Waals surface area (Å²) in [6, 6.07) is 5.04. The zero-order valence-corrected chi connectivity index (χ0v) is 15.3. The van der Waals surface area contributed by atoms with Crippen molar-refractivity contribution in [1.82, 2.24) is 9.80 Å². The van der Waals surface area contributed by atoms with Gasteiger partial charge in [-0.25, -0.2) is 0 Å². The Balaban J connectivity index is 2.22. The molecule has 144 valence electrons. The number of ether oxygens (including phenoxy) is 2. The lowest BCUT2D eigenvalue weighted by Crippen LogP contribution is -2.38. The highest BCUT2D eigenvalue weighted by molar-refractivity contribution is 5.97. The van der Waals surface area contributed by atoms with Crippen molar-refractivity contribution in [2.45, 2.75) is 19.4 Å². The predicted octanol–water partition coefficient (Wildman–Crippen LogP) is 0.0880. The molecule has 0 radical (unpaired) electrons. The average molecular weight is 365 g/mol. The lowest BCUT2D eigenvalue weighted by Gasteiger charge is -2.23. The third-order valence-electron chi connectivity index (χ3n) is 4.26. The molecule has 8 heteroatoms. The number of methoxy groups -OCH3 is 1. The highest BCUT2D eigenvalue weighted by Gasteiger charge is 2.28. The highest BCUT2D eigenvalue weighted by Crippen LogP contribution is 2.26. The van der Waals surface area contributed by atoms with Gasteiger partial charge in [-0.05, 0) is 31.2 Å². The van der Waals surface area contributed by atoms with E-state index in [0.29, 0.717) is 49.7 Å². The number of carbonyl (C=O) groups excluding carboxylic acids is 2. The molecular formula is C18H27N3O5. The number of amides is 2. The maximum atomic E-state index is 13.0. The fourth-order valence-corrected chi connectivity index (χ4v) is 2.83. The molecular weight excluding hydrogens is 338 g/mol. The van der Waals surface area contributed by atoms with Gasteiger partial charge in [0.25, 0.3) is 5.91 Å². The van der Waals surface area contributed by atoms with Crippen LogP contribution >= 0.6 is 0 Å². The monoisotopic (exact) mass is 365 g/mol. The molecule has 26 heavy (non-hydrogen) atoms. The molecule has 0 aromatic heterocycles. The van der Waals surface area contributed by atoms with Crippen molar-refractivity contribution in [2.75, 3.05) is 46.4 Å². The maximum Gasteiger partial charge on any atom is 0.257 e. The molecule has 1 atom stereocenters. The van der Waals surface area contributed by atoms with E-state index < -0.39 is 6.10 Å². The summed E-state index contributed by atoms with van der Waals surface area (Å²) >= 11 is 0. The van der Waals surface area contributed by atoms with Gasteiger partial charge in [-0.3, -0.25) is 9.59 Å². The second-order valence-electron chi connectivity index (χ2n) is 6.22. The smallest absolute Gasteiger partial charge is 0.257 e. The molecule has 1 aromatic carbocycles. The van der Waals surface area contributed by atoms with E-state index in [-0.39, 0.29) is 24.9 Å². The SMILES string of the molecule is COc1ccc(OCCCN)c(C(=O)N2CCN(C(C)=O)C[C@@H](O)C2)c1. The third kappa shape index (κ3) is 5.09. The van der Waals surface area contributed by atoms with Gasteiger partial charge in [-0.15, -0.1) is 0 Å². The molecule has 1 heterocycles. The Morgan fingerprint density at radius 3 is 2.62 bits per heavy atom. The minimum atomic E-state index is -0.794. The summed E-state index contributed by atoms with van der Waals surface area (Å²) in [6.07, 6.45) is -0.118. The average Bonchev–Trinajstić information content (AvgIpc) is 2.83. The minimum absolute atomic E-state index is 0.120. The van der Waals surface area contributed by atoms with Crippen LogP contribution in [0.3, 0.4) is 0 Å². The topological polar surface area (TPSA) is 105 Å². The first kappa shape index (κ1) is 20.0. The number of benzene rings is 1. The van der Waals surface area contributed by atoms with Crippen molar-refractivity contribution in [3.05, 3.63) is 23.8 Å². The van der Waals surface area contributed by atoms with Crippen LogP contribution in [0.5, 0.6) is 11.5 Å². The zero-order valence-electron chi connectivity index (χ0n) is 15.3. The number of β-amino-alcohol motifs (C(OH)–C–C–N with tert-alkyl or cyclic N) is 1. The Morgan fingerprint density at radius 1 is 1.27 bits per heavy atom. The normalized spacial score (nSPS) is 17.6. The number of aliphatic hydroxyl groups excluding tert-OH is 1. The van der Waals surface area contributed by atoms with E-state index in [1.54, 1.807) is 23.1 Å². The molecule has 1 fully saturated rings. The third-order valence-corrected chi connectivity index (χ3v) is 4.26. The summed E-state index contributed by atoms with van der Waals surface area (Å²) in [6.45, 7) is 3.46. The second-order valence-corrected chi connectivity index (χ2v) is 6.22. The van der Waals surface area contributed by atoms with E-state index in [1.165, 1.54) is 18.9 Å². The molecule has 1 aliphatic heterocycles. The Labute approximate surface area is 153 Å². The fraction of sp³-hybridized carbons (Fsp3) is 0.556. The van der Waals surface area contributed by atoms with E-state index in [9.17, 15) is 14.7 Å². The van der Waals surface area contributed by atoms with Crippen LogP contribution in [0.15, 0.2) is 18.2 Å². The largest absolute Gasteiger partial charge is 0.497 e. The van der Waals surface area contributed by atoms with Gasteiger partial charge in [-0.2, -0.15) is 0 Å². The number of nitrogens with zero attached hydrogens (tertiary/aromatic N) is 2. The molecule has 0 spiro atoms. The maximum absolute atomic E-state index is 13.0. The van der Waals surface area contributed by atoms with Crippen LogP contribution in [0, 0.1) is 0 Å². The van der Waals surface area contributed by atoms with Crippen LogP contribution in [0.1, 0.15) is 23.7 Å². The zero-order chi connectivity index (χ0) is 19.1. The summed E-state index contributed by atoms with van der Waals surface area (Å²) in [5.74, 6) is 0.605. The van der Waals surface area contributed by atoms with Gasteiger partial charge in [0.15, 0.2) is 0 Å². The van der Waals surface area contributed by atoms with Gasteiger partial charge in [0, 0.05) is 33.1 Å². The molecule has 2 amide bonds. The molecule has 2 rings (SSSR count). The Bertz CT molecular complexity index is 637. The van der Waals surface area contributed by atoms with Gasteiger partial charge >= 0.3 is 0 Å². The molecule has 1 saturated heterocycles. The Morgan fingerprint density at radius 2 is 1.96 bits per heavy atom. The second kappa shape index (κ2) is 9.40. The first-order valence-corrected chi connectivity index (χ1v) is 8.70. The molecule has 1 aliphatic rings. The number of aliphatic hydroxyl groups is 1. The molecule has 0 aliphatic carbocycles. The van der Waals surface area contributed by atoms with Crippen molar-refractivity contribution in [3.8, 4) is 11.5 Å². The molecule has 0 bridgehead atoms. The van der Waals surface area contributed by atoms with Gasteiger partial charge in [0.2, 0.25) is 5.91 Å². The van der Waals surface area contributed by atoms with Crippen LogP contribution in [-0.2, 0) is 4.79 Å². The van der Waals surface area contributed by atoms with Crippen molar-refractivity contribution in [1.29, 1.82) is 0 Å². The van der Waals surface area contributed by atoms with Crippen molar-refractivity contribution < 1.29 is 24.2 Å². The van der Waals surface area contributed by atoms with Crippen LogP contribution in [0.4, 0.5) is 0 Å². The number of rotatable bonds is 6. The summed E-state index contributed by atoms with van der Waals surface area (Å²) < 4.78 is 10.9. The van der Waals surface area contributed by atoms with Gasteiger partial charge in [-0.1, -0.05) is 0 Å². The highest BCUT2D eigenvalue weighted by atomic mass is 16.5. The van der Waals surface area contributed by atoms with E-state index in [4.69, 9.17) is 15.2 Å². The molecule has 3 N–H and O–H groups in total. The lowest BCUT2D eigenvalue weighted by molar-refractivity contribution is -0.129. The number of carbonyl (C=O) groups is 2.